The average molecular weight is 428 g/mol. The predicted molar refractivity (Wildman–Crippen MR) is 123 cm³/mol. The van der Waals surface area contributed by atoms with Crippen molar-refractivity contribution < 1.29 is 4.79 Å². The lowest BCUT2D eigenvalue weighted by atomic mass is 10.1. The maximum Gasteiger partial charge on any atom is 0.330 e. The number of nitrogen functional groups attached to an aromatic ring is 1. The molecule has 0 unspecified atom stereocenters. The zero-order valence-electron chi connectivity index (χ0n) is 18.6. The van der Waals surface area contributed by atoms with Gasteiger partial charge in [-0.1, -0.05) is 57.0 Å². The predicted octanol–water partition coefficient (Wildman–Crippen LogP) is 2.03. The molecule has 8 nitrogen and oxygen atoms in total. The monoisotopic (exact) mass is 427 g/mol. The Hall–Kier alpha value is -2.87. The van der Waals surface area contributed by atoms with Crippen LogP contribution in [0.25, 0.3) is 0 Å². The van der Waals surface area contributed by atoms with E-state index in [0.717, 1.165) is 18.4 Å². The summed E-state index contributed by atoms with van der Waals surface area (Å²) in [6.45, 7) is 4.71. The molecule has 1 amide bonds. The standard InChI is InChI=1S/C23H33N5O3/c1-16(2)13-27(19(29)15-26(3)18-11-7-8-12-18)20-21(24)28(23(31)25-22(20)30)14-17-9-5-4-6-10-17/h4-6,9-10,16,18H,7-8,11-15,24H2,1-3H3,(H,25,30,31). The summed E-state index contributed by atoms with van der Waals surface area (Å²) in [5, 5.41) is 0. The van der Waals surface area contributed by atoms with Crippen LogP contribution < -0.4 is 21.9 Å². The fourth-order valence-electron chi connectivity index (χ4n) is 4.22. The Bertz CT molecular complexity index is 1010. The summed E-state index contributed by atoms with van der Waals surface area (Å²) in [6.07, 6.45) is 4.52. The molecule has 1 aromatic carbocycles. The van der Waals surface area contributed by atoms with E-state index in [9.17, 15) is 14.4 Å². The molecule has 31 heavy (non-hydrogen) atoms. The van der Waals surface area contributed by atoms with Crippen molar-refractivity contribution in [3.05, 3.63) is 56.7 Å². The molecule has 1 saturated carbocycles. The molecule has 1 aliphatic carbocycles. The van der Waals surface area contributed by atoms with Gasteiger partial charge in [0.05, 0.1) is 13.1 Å². The van der Waals surface area contributed by atoms with E-state index in [2.05, 4.69) is 9.88 Å². The zero-order chi connectivity index (χ0) is 22.5. The fraction of sp³-hybridized carbons (Fsp3) is 0.522. The Morgan fingerprint density at radius 2 is 1.84 bits per heavy atom. The largest absolute Gasteiger partial charge is 0.383 e. The first kappa shape index (κ1) is 22.8. The molecular weight excluding hydrogens is 394 g/mol. The van der Waals surface area contributed by atoms with E-state index in [1.54, 1.807) is 0 Å². The molecule has 1 heterocycles. The minimum absolute atomic E-state index is 0.00937. The molecular formula is C23H33N5O3. The van der Waals surface area contributed by atoms with Gasteiger partial charge < -0.3 is 10.6 Å². The normalized spacial score (nSPS) is 14.5. The number of carbonyl (C=O) groups excluding carboxylic acids is 1. The van der Waals surface area contributed by atoms with Crippen LogP contribution in [0.2, 0.25) is 0 Å². The van der Waals surface area contributed by atoms with Crippen LogP contribution in [0.15, 0.2) is 39.9 Å². The van der Waals surface area contributed by atoms with E-state index >= 15 is 0 Å². The zero-order valence-corrected chi connectivity index (χ0v) is 18.6. The van der Waals surface area contributed by atoms with Crippen molar-refractivity contribution in [1.29, 1.82) is 0 Å². The van der Waals surface area contributed by atoms with E-state index < -0.39 is 11.2 Å². The van der Waals surface area contributed by atoms with Crippen LogP contribution in [0.3, 0.4) is 0 Å². The number of benzene rings is 1. The second kappa shape index (κ2) is 9.96. The van der Waals surface area contributed by atoms with Crippen molar-refractivity contribution in [1.82, 2.24) is 14.5 Å². The smallest absolute Gasteiger partial charge is 0.330 e. The number of nitrogens with two attached hydrogens (primary N) is 1. The molecule has 8 heteroatoms. The lowest BCUT2D eigenvalue weighted by molar-refractivity contribution is -0.120. The number of anilines is 2. The number of hydrogen-bond acceptors (Lipinski definition) is 5. The minimum Gasteiger partial charge on any atom is -0.383 e. The van der Waals surface area contributed by atoms with Crippen molar-refractivity contribution in [3.8, 4) is 0 Å². The fourth-order valence-corrected chi connectivity index (χ4v) is 4.22. The first-order valence-electron chi connectivity index (χ1n) is 10.9. The number of carbonyl (C=O) groups is 1. The third kappa shape index (κ3) is 5.44. The maximum absolute atomic E-state index is 13.3. The molecule has 2 aromatic rings. The number of aromatic nitrogens is 2. The Labute approximate surface area is 182 Å². The van der Waals surface area contributed by atoms with E-state index in [1.165, 1.54) is 22.3 Å². The van der Waals surface area contributed by atoms with Crippen LogP contribution in [0.5, 0.6) is 0 Å². The van der Waals surface area contributed by atoms with Gasteiger partial charge in [-0.3, -0.25) is 24.0 Å². The van der Waals surface area contributed by atoms with Gasteiger partial charge >= 0.3 is 5.69 Å². The third-order valence-electron chi connectivity index (χ3n) is 5.85. The van der Waals surface area contributed by atoms with Crippen LogP contribution >= 0.6 is 0 Å². The Morgan fingerprint density at radius 1 is 1.19 bits per heavy atom. The molecule has 0 radical (unpaired) electrons. The van der Waals surface area contributed by atoms with Gasteiger partial charge in [-0.05, 0) is 31.4 Å². The summed E-state index contributed by atoms with van der Waals surface area (Å²) in [6, 6.07) is 9.77. The van der Waals surface area contributed by atoms with Crippen LogP contribution in [-0.4, -0.2) is 46.5 Å². The maximum atomic E-state index is 13.3. The Morgan fingerprint density at radius 3 is 2.45 bits per heavy atom. The first-order valence-corrected chi connectivity index (χ1v) is 10.9. The summed E-state index contributed by atoms with van der Waals surface area (Å²) in [5.74, 6) is -0.0608. The topological polar surface area (TPSA) is 104 Å². The number of hydrogen-bond donors (Lipinski definition) is 2. The molecule has 0 saturated heterocycles. The molecule has 3 rings (SSSR count). The number of nitrogens with zero attached hydrogens (tertiary/aromatic N) is 3. The van der Waals surface area contributed by atoms with E-state index in [0.29, 0.717) is 12.6 Å². The van der Waals surface area contributed by atoms with Crippen molar-refractivity contribution >= 4 is 17.4 Å². The summed E-state index contributed by atoms with van der Waals surface area (Å²) < 4.78 is 1.31. The van der Waals surface area contributed by atoms with Crippen LogP contribution in [-0.2, 0) is 11.3 Å². The molecule has 0 aliphatic heterocycles. The van der Waals surface area contributed by atoms with Crippen LogP contribution in [0.4, 0.5) is 11.5 Å². The highest BCUT2D eigenvalue weighted by atomic mass is 16.2. The molecule has 0 atom stereocenters. The summed E-state index contributed by atoms with van der Waals surface area (Å²) >= 11 is 0. The SMILES string of the molecule is CC(C)CN(C(=O)CN(C)C1CCCC1)c1c(N)n(Cc2ccccc2)c(=O)[nH]c1=O. The van der Waals surface area contributed by atoms with Gasteiger partial charge in [0.25, 0.3) is 5.56 Å². The summed E-state index contributed by atoms with van der Waals surface area (Å²) in [5.41, 5.74) is 6.04. The van der Waals surface area contributed by atoms with Gasteiger partial charge in [0, 0.05) is 12.6 Å². The molecule has 1 fully saturated rings. The van der Waals surface area contributed by atoms with E-state index in [1.807, 2.05) is 51.2 Å². The molecule has 0 bridgehead atoms. The molecule has 168 valence electrons. The number of amides is 1. The lowest BCUT2D eigenvalue weighted by Crippen LogP contribution is -2.47. The molecule has 1 aromatic heterocycles. The number of nitrogens with one attached hydrogen (secondary N) is 1. The van der Waals surface area contributed by atoms with Crippen LogP contribution in [0.1, 0.15) is 45.1 Å². The first-order chi connectivity index (χ1) is 14.8. The highest BCUT2D eigenvalue weighted by molar-refractivity contribution is 5.96. The second-order valence-corrected chi connectivity index (χ2v) is 8.82. The highest BCUT2D eigenvalue weighted by Crippen LogP contribution is 2.24. The highest BCUT2D eigenvalue weighted by Gasteiger charge is 2.28. The van der Waals surface area contributed by atoms with E-state index in [-0.39, 0.29) is 36.4 Å². The Kier molecular flexibility index (Phi) is 7.33. The number of H-pyrrole nitrogens is 1. The van der Waals surface area contributed by atoms with Gasteiger partial charge in [-0.2, -0.15) is 0 Å². The van der Waals surface area contributed by atoms with Crippen molar-refractivity contribution in [2.75, 3.05) is 30.8 Å². The summed E-state index contributed by atoms with van der Waals surface area (Å²) in [4.78, 5) is 44.4. The lowest BCUT2D eigenvalue weighted by Gasteiger charge is -2.30. The number of rotatable bonds is 8. The Balaban J connectivity index is 1.96. The van der Waals surface area contributed by atoms with Crippen molar-refractivity contribution in [2.45, 2.75) is 52.1 Å². The number of likely N-dealkylation sites (N-methyl/N-ethyl adjacent to an activating group) is 1. The van der Waals surface area contributed by atoms with Gasteiger partial charge in [0.1, 0.15) is 5.82 Å². The van der Waals surface area contributed by atoms with Crippen LogP contribution in [0, 0.1) is 5.92 Å². The summed E-state index contributed by atoms with van der Waals surface area (Å²) in [7, 11) is 1.95. The van der Waals surface area contributed by atoms with Gasteiger partial charge in [-0.25, -0.2) is 4.79 Å². The average Bonchev–Trinajstić information content (AvgIpc) is 3.26. The van der Waals surface area contributed by atoms with E-state index in [4.69, 9.17) is 5.73 Å². The van der Waals surface area contributed by atoms with Gasteiger partial charge in [0.2, 0.25) is 5.91 Å². The quantitative estimate of drug-likeness (QED) is 0.671. The molecule has 3 N–H and O–H groups in total. The molecule has 1 aliphatic rings. The minimum atomic E-state index is -0.635. The van der Waals surface area contributed by atoms with Gasteiger partial charge in [-0.15, -0.1) is 0 Å². The van der Waals surface area contributed by atoms with Crippen molar-refractivity contribution in [2.24, 2.45) is 5.92 Å². The molecule has 0 spiro atoms. The van der Waals surface area contributed by atoms with Crippen molar-refractivity contribution in [3.63, 3.8) is 0 Å². The second-order valence-electron chi connectivity index (χ2n) is 8.82. The number of aromatic amines is 1. The van der Waals surface area contributed by atoms with Gasteiger partial charge in [0.15, 0.2) is 5.69 Å². The third-order valence-corrected chi connectivity index (χ3v) is 5.85.